The Kier molecular flexibility index (Phi) is 7.68. The fraction of sp³-hybridized carbons (Fsp3) is 0.467. The molecule has 0 heterocycles. The molecule has 1 rings (SSSR count). The molecule has 0 radical (unpaired) electrons. The number of nitrogens with one attached hydrogen (secondary N) is 1. The molecule has 0 spiro atoms. The monoisotopic (exact) mass is 310 g/mol. The summed E-state index contributed by atoms with van der Waals surface area (Å²) >= 11 is 1.65. The summed E-state index contributed by atoms with van der Waals surface area (Å²) in [5.41, 5.74) is 8.11. The van der Waals surface area contributed by atoms with Gasteiger partial charge in [-0.25, -0.2) is 0 Å². The van der Waals surface area contributed by atoms with E-state index in [1.54, 1.807) is 17.8 Å². The second-order valence-corrected chi connectivity index (χ2v) is 5.89. The first-order valence-corrected chi connectivity index (χ1v) is 7.99. The highest BCUT2D eigenvalue weighted by atomic mass is 32.2. The molecule has 0 fully saturated rings. The van der Waals surface area contributed by atoms with E-state index < -0.39 is 0 Å². The summed E-state index contributed by atoms with van der Waals surface area (Å²) in [4.78, 5) is 22.7. The van der Waals surface area contributed by atoms with E-state index in [9.17, 15) is 9.59 Å². The van der Waals surface area contributed by atoms with Crippen LogP contribution in [0.2, 0.25) is 0 Å². The van der Waals surface area contributed by atoms with Gasteiger partial charge in [-0.1, -0.05) is 0 Å². The molecule has 0 aliphatic heterocycles. The maximum Gasteiger partial charge on any atom is 0.306 e. The third-order valence-electron chi connectivity index (χ3n) is 2.90. The molecule has 1 aromatic rings. The number of carbonyl (C=O) groups excluding carboxylic acids is 2. The van der Waals surface area contributed by atoms with E-state index in [0.717, 1.165) is 29.2 Å². The highest BCUT2D eigenvalue weighted by Gasteiger charge is 2.05. The molecule has 1 aromatic carbocycles. The maximum absolute atomic E-state index is 11.8. The lowest BCUT2D eigenvalue weighted by molar-refractivity contribution is -0.140. The molecule has 0 bridgehead atoms. The third kappa shape index (κ3) is 7.04. The number of thioether (sulfide) groups is 1. The molecule has 21 heavy (non-hydrogen) atoms. The molecule has 0 saturated heterocycles. The number of nitrogens with two attached hydrogens (primary N) is 1. The lowest BCUT2D eigenvalue weighted by Crippen LogP contribution is -2.12. The van der Waals surface area contributed by atoms with Crippen LogP contribution >= 0.6 is 11.8 Å². The Morgan fingerprint density at radius 1 is 1.29 bits per heavy atom. The van der Waals surface area contributed by atoms with Crippen molar-refractivity contribution in [1.82, 2.24) is 0 Å². The molecule has 0 aliphatic carbocycles. The van der Waals surface area contributed by atoms with Crippen LogP contribution in [0.15, 0.2) is 18.2 Å². The zero-order valence-electron chi connectivity index (χ0n) is 12.5. The van der Waals surface area contributed by atoms with Crippen LogP contribution in [0.1, 0.15) is 24.8 Å². The summed E-state index contributed by atoms with van der Waals surface area (Å²) in [6, 6.07) is 5.41. The molecular formula is C15H22N2O3S. The highest BCUT2D eigenvalue weighted by molar-refractivity contribution is 7.99. The van der Waals surface area contributed by atoms with Gasteiger partial charge in [0.25, 0.3) is 0 Å². The number of hydrogen-bond acceptors (Lipinski definition) is 5. The van der Waals surface area contributed by atoms with E-state index in [1.165, 1.54) is 7.11 Å². The minimum atomic E-state index is -0.195. The molecule has 0 aromatic heterocycles. The van der Waals surface area contributed by atoms with Gasteiger partial charge < -0.3 is 15.8 Å². The van der Waals surface area contributed by atoms with Crippen LogP contribution in [-0.4, -0.2) is 30.5 Å². The van der Waals surface area contributed by atoms with Gasteiger partial charge in [0.1, 0.15) is 0 Å². The zero-order valence-corrected chi connectivity index (χ0v) is 13.3. The van der Waals surface area contributed by atoms with Gasteiger partial charge >= 0.3 is 5.97 Å². The number of amides is 1. The van der Waals surface area contributed by atoms with Gasteiger partial charge in [0.05, 0.1) is 13.5 Å². The molecule has 5 nitrogen and oxygen atoms in total. The fourth-order valence-corrected chi connectivity index (χ4v) is 2.60. The number of rotatable bonds is 8. The number of benzene rings is 1. The molecule has 0 aliphatic rings. The summed E-state index contributed by atoms with van der Waals surface area (Å²) in [5, 5.41) is 2.88. The summed E-state index contributed by atoms with van der Waals surface area (Å²) in [5.74, 6) is 1.38. The third-order valence-corrected chi connectivity index (χ3v) is 3.97. The van der Waals surface area contributed by atoms with Crippen LogP contribution in [0.4, 0.5) is 11.4 Å². The molecule has 0 saturated carbocycles. The van der Waals surface area contributed by atoms with E-state index >= 15 is 0 Å². The first-order valence-electron chi connectivity index (χ1n) is 6.83. The van der Waals surface area contributed by atoms with Crippen molar-refractivity contribution in [3.05, 3.63) is 23.8 Å². The number of hydrogen-bond donors (Lipinski definition) is 2. The summed E-state index contributed by atoms with van der Waals surface area (Å²) in [7, 11) is 1.39. The largest absolute Gasteiger partial charge is 0.469 e. The lowest BCUT2D eigenvalue weighted by Gasteiger charge is -2.09. The van der Waals surface area contributed by atoms with Gasteiger partial charge in [0.15, 0.2) is 0 Å². The van der Waals surface area contributed by atoms with Crippen LogP contribution in [0.3, 0.4) is 0 Å². The Hall–Kier alpha value is -1.69. The molecule has 1 amide bonds. The predicted octanol–water partition coefficient (Wildman–Crippen LogP) is 2.59. The number of ether oxygens (including phenoxy) is 1. The van der Waals surface area contributed by atoms with E-state index in [4.69, 9.17) is 5.73 Å². The van der Waals surface area contributed by atoms with Gasteiger partial charge in [-0.2, -0.15) is 11.8 Å². The van der Waals surface area contributed by atoms with Gasteiger partial charge in [0.2, 0.25) is 5.91 Å². The van der Waals surface area contributed by atoms with E-state index in [2.05, 4.69) is 10.1 Å². The van der Waals surface area contributed by atoms with Crippen molar-refractivity contribution >= 4 is 35.0 Å². The van der Waals surface area contributed by atoms with Crippen LogP contribution in [0.5, 0.6) is 0 Å². The Labute approximate surface area is 129 Å². The number of aryl methyl sites for hydroxylation is 1. The van der Waals surface area contributed by atoms with Gasteiger partial charge in [-0.15, -0.1) is 0 Å². The van der Waals surface area contributed by atoms with Crippen molar-refractivity contribution in [3.63, 3.8) is 0 Å². The van der Waals surface area contributed by atoms with Gasteiger partial charge in [-0.05, 0) is 42.9 Å². The van der Waals surface area contributed by atoms with Crippen molar-refractivity contribution in [2.45, 2.75) is 26.2 Å². The topological polar surface area (TPSA) is 81.4 Å². The average molecular weight is 310 g/mol. The molecule has 3 N–H and O–H groups in total. The summed E-state index contributed by atoms with van der Waals surface area (Å²) in [6.07, 6.45) is 1.67. The van der Waals surface area contributed by atoms with Crippen LogP contribution in [-0.2, 0) is 14.3 Å². The smallest absolute Gasteiger partial charge is 0.306 e. The van der Waals surface area contributed by atoms with E-state index in [1.807, 2.05) is 19.1 Å². The van der Waals surface area contributed by atoms with Crippen molar-refractivity contribution in [3.8, 4) is 0 Å². The number of anilines is 2. The summed E-state index contributed by atoms with van der Waals surface area (Å²) < 4.78 is 4.56. The Morgan fingerprint density at radius 3 is 2.71 bits per heavy atom. The number of methoxy groups -OCH3 is 1. The number of carbonyl (C=O) groups is 2. The molecule has 6 heteroatoms. The quantitative estimate of drug-likeness (QED) is 0.438. The standard InChI is InChI=1S/C15H22N2O3S/c1-11-10-12(16)5-6-13(11)17-14(18)4-3-8-21-9-7-15(19)20-2/h5-6,10H,3-4,7-9,16H2,1-2H3,(H,17,18). The highest BCUT2D eigenvalue weighted by Crippen LogP contribution is 2.18. The Bertz CT molecular complexity index is 492. The lowest BCUT2D eigenvalue weighted by atomic mass is 10.1. The summed E-state index contributed by atoms with van der Waals surface area (Å²) in [6.45, 7) is 1.91. The Balaban J connectivity index is 2.18. The molecule has 116 valence electrons. The first kappa shape index (κ1) is 17.4. The predicted molar refractivity (Wildman–Crippen MR) is 87.4 cm³/mol. The van der Waals surface area contributed by atoms with Crippen LogP contribution in [0, 0.1) is 6.92 Å². The fourth-order valence-electron chi connectivity index (χ4n) is 1.73. The number of esters is 1. The van der Waals surface area contributed by atoms with Crippen LogP contribution in [0.25, 0.3) is 0 Å². The molecular weight excluding hydrogens is 288 g/mol. The second-order valence-electron chi connectivity index (χ2n) is 4.66. The molecule has 0 unspecified atom stereocenters. The average Bonchev–Trinajstić information content (AvgIpc) is 2.45. The Morgan fingerprint density at radius 2 is 2.05 bits per heavy atom. The van der Waals surface area contributed by atoms with Crippen molar-refractivity contribution < 1.29 is 14.3 Å². The number of nitrogen functional groups attached to an aromatic ring is 1. The van der Waals surface area contributed by atoms with E-state index in [-0.39, 0.29) is 11.9 Å². The maximum atomic E-state index is 11.8. The van der Waals surface area contributed by atoms with Crippen molar-refractivity contribution in [2.24, 2.45) is 0 Å². The first-order chi connectivity index (χ1) is 10.0. The minimum Gasteiger partial charge on any atom is -0.469 e. The van der Waals surface area contributed by atoms with E-state index in [0.29, 0.717) is 18.5 Å². The van der Waals surface area contributed by atoms with Crippen LogP contribution < -0.4 is 11.1 Å². The zero-order chi connectivity index (χ0) is 15.7. The van der Waals surface area contributed by atoms with Gasteiger partial charge in [-0.3, -0.25) is 9.59 Å². The SMILES string of the molecule is COC(=O)CCSCCCC(=O)Nc1ccc(N)cc1C. The molecule has 0 atom stereocenters. The minimum absolute atomic E-state index is 0.00330. The van der Waals surface area contributed by atoms with Gasteiger partial charge in [0, 0.05) is 23.5 Å². The second kappa shape index (κ2) is 9.28. The normalized spacial score (nSPS) is 10.2. The van der Waals surface area contributed by atoms with Crippen molar-refractivity contribution in [2.75, 3.05) is 29.7 Å². The van der Waals surface area contributed by atoms with Crippen molar-refractivity contribution in [1.29, 1.82) is 0 Å².